The fraction of sp³-hybridized carbons (Fsp3) is 0.688. The number of carbonyl (C=O) groups excluding carboxylic acids is 1. The van der Waals surface area contributed by atoms with E-state index in [-0.39, 0.29) is 18.0 Å². The fourth-order valence-corrected chi connectivity index (χ4v) is 3.45. The van der Waals surface area contributed by atoms with E-state index in [9.17, 15) is 4.79 Å². The van der Waals surface area contributed by atoms with Gasteiger partial charge in [0.15, 0.2) is 0 Å². The summed E-state index contributed by atoms with van der Waals surface area (Å²) in [7, 11) is 0. The van der Waals surface area contributed by atoms with Crippen molar-refractivity contribution in [3.63, 3.8) is 0 Å². The zero-order chi connectivity index (χ0) is 14.9. The molecule has 1 aromatic rings. The number of hydrogen-bond donors (Lipinski definition) is 1. The number of aromatic nitrogens is 1. The lowest BCUT2D eigenvalue weighted by atomic mass is 10.1. The lowest BCUT2D eigenvalue weighted by Gasteiger charge is -2.34. The standard InChI is InChI=1S/C16H23N3O3/c20-16(14-2-1-5-19(14)12-3-4-12)17-13-10-22-11-15(13)18-6-8-21-9-7-18/h1-2,5,12-13,15H,3-4,6-11H2,(H,17,20)/t13-,15-/m0/s1. The third-order valence-corrected chi connectivity index (χ3v) is 4.83. The Balaban J connectivity index is 1.42. The maximum Gasteiger partial charge on any atom is 0.268 e. The number of ether oxygens (including phenoxy) is 2. The SMILES string of the molecule is O=C(N[C@H]1COC[C@@H]1N1CCOCC1)c1cccn1C1CC1. The zero-order valence-electron chi connectivity index (χ0n) is 12.7. The number of hydrogen-bond acceptors (Lipinski definition) is 4. The van der Waals surface area contributed by atoms with Gasteiger partial charge < -0.3 is 19.4 Å². The largest absolute Gasteiger partial charge is 0.379 e. The molecule has 2 saturated heterocycles. The Bertz CT molecular complexity index is 534. The second kappa shape index (κ2) is 6.02. The second-order valence-corrected chi connectivity index (χ2v) is 6.36. The lowest BCUT2D eigenvalue weighted by Crippen LogP contribution is -2.54. The average Bonchev–Trinajstić information content (AvgIpc) is 3.10. The van der Waals surface area contributed by atoms with Gasteiger partial charge in [-0.2, -0.15) is 0 Å². The highest BCUT2D eigenvalue weighted by molar-refractivity contribution is 5.93. The molecule has 1 aromatic heterocycles. The molecule has 6 heteroatoms. The highest BCUT2D eigenvalue weighted by atomic mass is 16.5. The van der Waals surface area contributed by atoms with Crippen molar-refractivity contribution in [3.8, 4) is 0 Å². The molecule has 3 fully saturated rings. The molecule has 1 amide bonds. The summed E-state index contributed by atoms with van der Waals surface area (Å²) in [6.07, 6.45) is 4.37. The van der Waals surface area contributed by atoms with Gasteiger partial charge in [0.2, 0.25) is 0 Å². The molecule has 0 spiro atoms. The van der Waals surface area contributed by atoms with Crippen molar-refractivity contribution < 1.29 is 14.3 Å². The van der Waals surface area contributed by atoms with Crippen molar-refractivity contribution in [3.05, 3.63) is 24.0 Å². The summed E-state index contributed by atoms with van der Waals surface area (Å²) in [4.78, 5) is 15.0. The molecule has 2 atom stereocenters. The number of rotatable bonds is 4. The van der Waals surface area contributed by atoms with Crippen molar-refractivity contribution in [2.75, 3.05) is 39.5 Å². The fourth-order valence-electron chi connectivity index (χ4n) is 3.45. The van der Waals surface area contributed by atoms with Crippen molar-refractivity contribution in [2.45, 2.75) is 31.0 Å². The maximum atomic E-state index is 12.6. The van der Waals surface area contributed by atoms with Crippen LogP contribution in [-0.4, -0.2) is 67.0 Å². The van der Waals surface area contributed by atoms with Crippen molar-refractivity contribution >= 4 is 5.91 Å². The summed E-state index contributed by atoms with van der Waals surface area (Å²) < 4.78 is 13.1. The van der Waals surface area contributed by atoms with Gasteiger partial charge in [-0.25, -0.2) is 0 Å². The van der Waals surface area contributed by atoms with Gasteiger partial charge in [0.25, 0.3) is 5.91 Å². The van der Waals surface area contributed by atoms with Crippen molar-refractivity contribution in [1.82, 2.24) is 14.8 Å². The smallest absolute Gasteiger partial charge is 0.268 e. The van der Waals surface area contributed by atoms with Crippen molar-refractivity contribution in [2.24, 2.45) is 0 Å². The summed E-state index contributed by atoms with van der Waals surface area (Å²) in [6.45, 7) is 4.65. The predicted octanol–water partition coefficient (Wildman–Crippen LogP) is 0.652. The van der Waals surface area contributed by atoms with Crippen LogP contribution in [0.3, 0.4) is 0 Å². The molecule has 0 radical (unpaired) electrons. The minimum atomic E-state index is 0.0191. The average molecular weight is 305 g/mol. The van der Waals surface area contributed by atoms with Crippen LogP contribution < -0.4 is 5.32 Å². The van der Waals surface area contributed by atoms with Crippen molar-refractivity contribution in [1.29, 1.82) is 0 Å². The molecule has 0 bridgehead atoms. The number of nitrogens with zero attached hydrogens (tertiary/aromatic N) is 2. The van der Waals surface area contributed by atoms with Gasteiger partial charge in [-0.1, -0.05) is 0 Å². The Labute approximate surface area is 130 Å². The van der Waals surface area contributed by atoms with Gasteiger partial charge in [0, 0.05) is 25.3 Å². The molecule has 1 N–H and O–H groups in total. The molecular weight excluding hydrogens is 282 g/mol. The van der Waals surface area contributed by atoms with Crippen LogP contribution in [0.5, 0.6) is 0 Å². The van der Waals surface area contributed by atoms with E-state index in [1.165, 1.54) is 12.8 Å². The van der Waals surface area contributed by atoms with E-state index in [4.69, 9.17) is 9.47 Å². The molecule has 1 aliphatic carbocycles. The molecule has 3 aliphatic rings. The van der Waals surface area contributed by atoms with E-state index >= 15 is 0 Å². The summed E-state index contributed by atoms with van der Waals surface area (Å²) in [5.74, 6) is 0.0191. The van der Waals surface area contributed by atoms with Gasteiger partial charge in [-0.3, -0.25) is 9.69 Å². The molecule has 6 nitrogen and oxygen atoms in total. The van der Waals surface area contributed by atoms with Gasteiger partial charge in [0.05, 0.1) is 38.5 Å². The van der Waals surface area contributed by atoms with Gasteiger partial charge in [-0.15, -0.1) is 0 Å². The first-order valence-electron chi connectivity index (χ1n) is 8.20. The summed E-state index contributed by atoms with van der Waals surface area (Å²) in [5, 5.41) is 3.18. The first-order valence-corrected chi connectivity index (χ1v) is 8.20. The quantitative estimate of drug-likeness (QED) is 0.887. The molecular formula is C16H23N3O3. The molecule has 0 aromatic carbocycles. The molecule has 1 saturated carbocycles. The number of amides is 1. The minimum Gasteiger partial charge on any atom is -0.379 e. The first-order chi connectivity index (χ1) is 10.8. The second-order valence-electron chi connectivity index (χ2n) is 6.36. The Morgan fingerprint density at radius 1 is 1.18 bits per heavy atom. The van der Waals surface area contributed by atoms with Gasteiger partial charge >= 0.3 is 0 Å². The van der Waals surface area contributed by atoms with E-state index in [1.807, 2.05) is 18.3 Å². The van der Waals surface area contributed by atoms with Gasteiger partial charge in [0.1, 0.15) is 5.69 Å². The van der Waals surface area contributed by atoms with Crippen LogP contribution in [0.4, 0.5) is 0 Å². The van der Waals surface area contributed by atoms with Gasteiger partial charge in [-0.05, 0) is 25.0 Å². The summed E-state index contributed by atoms with van der Waals surface area (Å²) >= 11 is 0. The van der Waals surface area contributed by atoms with Crippen LogP contribution >= 0.6 is 0 Å². The lowest BCUT2D eigenvalue weighted by molar-refractivity contribution is 0.0108. The summed E-state index contributed by atoms with van der Waals surface area (Å²) in [5.41, 5.74) is 0.773. The molecule has 4 rings (SSSR count). The van der Waals surface area contributed by atoms with Crippen LogP contribution in [0, 0.1) is 0 Å². The maximum absolute atomic E-state index is 12.6. The highest BCUT2D eigenvalue weighted by Crippen LogP contribution is 2.36. The van der Waals surface area contributed by atoms with E-state index in [1.54, 1.807) is 0 Å². The molecule has 3 heterocycles. The highest BCUT2D eigenvalue weighted by Gasteiger charge is 2.36. The Morgan fingerprint density at radius 3 is 2.77 bits per heavy atom. The number of nitrogens with one attached hydrogen (secondary N) is 1. The molecule has 0 unspecified atom stereocenters. The van der Waals surface area contributed by atoms with E-state index in [0.29, 0.717) is 19.3 Å². The topological polar surface area (TPSA) is 55.7 Å². The van der Waals surface area contributed by atoms with Crippen LogP contribution in [-0.2, 0) is 9.47 Å². The zero-order valence-corrected chi connectivity index (χ0v) is 12.7. The number of carbonyl (C=O) groups is 1. The Kier molecular flexibility index (Phi) is 3.90. The van der Waals surface area contributed by atoms with E-state index < -0.39 is 0 Å². The monoisotopic (exact) mass is 305 g/mol. The third-order valence-electron chi connectivity index (χ3n) is 4.83. The Hall–Kier alpha value is -1.37. The third kappa shape index (κ3) is 2.78. The molecule has 120 valence electrons. The van der Waals surface area contributed by atoms with Crippen LogP contribution in [0.1, 0.15) is 29.4 Å². The van der Waals surface area contributed by atoms with Crippen LogP contribution in [0.2, 0.25) is 0 Å². The van der Waals surface area contributed by atoms with Crippen LogP contribution in [0.15, 0.2) is 18.3 Å². The predicted molar refractivity (Wildman–Crippen MR) is 81.0 cm³/mol. The summed E-state index contributed by atoms with van der Waals surface area (Å²) in [6, 6.07) is 4.71. The molecule has 22 heavy (non-hydrogen) atoms. The van der Waals surface area contributed by atoms with Crippen LogP contribution in [0.25, 0.3) is 0 Å². The van der Waals surface area contributed by atoms with E-state index in [2.05, 4.69) is 14.8 Å². The number of morpholine rings is 1. The normalized spacial score (nSPS) is 29.6. The van der Waals surface area contributed by atoms with E-state index in [0.717, 1.165) is 32.0 Å². The minimum absolute atomic E-state index is 0.0191. The first kappa shape index (κ1) is 14.2. The molecule has 2 aliphatic heterocycles. The Morgan fingerprint density at radius 2 is 2.00 bits per heavy atom.